The molecule has 2 aromatic carbocycles. The Morgan fingerprint density at radius 1 is 1.23 bits per heavy atom. The highest BCUT2D eigenvalue weighted by Gasteiger charge is 2.37. The molecule has 164 valence electrons. The molecule has 1 heterocycles. The van der Waals surface area contributed by atoms with Crippen molar-refractivity contribution in [2.45, 2.75) is 31.6 Å². The van der Waals surface area contributed by atoms with Crippen LogP contribution in [0.5, 0.6) is 5.75 Å². The third-order valence-electron chi connectivity index (χ3n) is 5.37. The topological polar surface area (TPSA) is 111 Å². The first-order valence-electron chi connectivity index (χ1n) is 9.80. The van der Waals surface area contributed by atoms with Crippen molar-refractivity contribution in [1.29, 1.82) is 0 Å². The highest BCUT2D eigenvalue weighted by molar-refractivity contribution is 7.86. The number of hydrogen-bond acceptors (Lipinski definition) is 6. The Morgan fingerprint density at radius 2 is 1.90 bits per heavy atom. The van der Waals surface area contributed by atoms with Crippen LogP contribution in [-0.4, -0.2) is 42.5 Å². The first-order valence-corrected chi connectivity index (χ1v) is 11.4. The highest BCUT2D eigenvalue weighted by atomic mass is 32.2. The predicted molar refractivity (Wildman–Crippen MR) is 120 cm³/mol. The largest absolute Gasteiger partial charge is 0.494 e. The van der Waals surface area contributed by atoms with Gasteiger partial charge in [-0.3, -0.25) is 23.6 Å². The number of rotatable bonds is 8. The van der Waals surface area contributed by atoms with Crippen LogP contribution in [-0.2, 0) is 22.1 Å². The predicted octanol–water partition coefficient (Wildman–Crippen LogP) is 2.49. The Bertz CT molecular complexity index is 1180. The summed E-state index contributed by atoms with van der Waals surface area (Å²) < 4.78 is 17.6. The first kappa shape index (κ1) is 22.6. The van der Waals surface area contributed by atoms with Crippen molar-refractivity contribution in [3.8, 4) is 16.9 Å². The second-order valence-corrected chi connectivity index (χ2v) is 9.12. The molecule has 0 fully saturated rings. The normalized spacial score (nSPS) is 14.1. The van der Waals surface area contributed by atoms with E-state index in [-0.39, 0.29) is 18.5 Å². The molecule has 0 saturated heterocycles. The summed E-state index contributed by atoms with van der Waals surface area (Å²) in [5.41, 5.74) is 3.77. The fraction of sp³-hybridized carbons (Fsp3) is 0.318. The molecule has 1 amide bonds. The van der Waals surface area contributed by atoms with E-state index in [9.17, 15) is 13.8 Å². The monoisotopic (exact) mass is 443 g/mol. The van der Waals surface area contributed by atoms with E-state index in [2.05, 4.69) is 4.98 Å². The lowest BCUT2D eigenvalue weighted by Gasteiger charge is -2.24. The van der Waals surface area contributed by atoms with Gasteiger partial charge in [0.1, 0.15) is 10.5 Å². The number of ether oxygens (including phenoxy) is 1. The quantitative estimate of drug-likeness (QED) is 0.409. The van der Waals surface area contributed by atoms with Gasteiger partial charge in [0.25, 0.3) is 11.5 Å². The van der Waals surface area contributed by atoms with Crippen molar-refractivity contribution in [1.82, 2.24) is 15.0 Å². The Labute approximate surface area is 182 Å². The minimum atomic E-state index is -1.55. The van der Waals surface area contributed by atoms with E-state index >= 15 is 0 Å². The zero-order valence-corrected chi connectivity index (χ0v) is 18.4. The van der Waals surface area contributed by atoms with Gasteiger partial charge in [-0.1, -0.05) is 18.2 Å². The van der Waals surface area contributed by atoms with Crippen LogP contribution in [0.1, 0.15) is 20.3 Å². The third kappa shape index (κ3) is 4.67. The lowest BCUT2D eigenvalue weighted by molar-refractivity contribution is -0.131. The van der Waals surface area contributed by atoms with Crippen LogP contribution in [0.3, 0.4) is 0 Å². The van der Waals surface area contributed by atoms with Gasteiger partial charge < -0.3 is 4.74 Å². The molecule has 3 aromatic rings. The number of benzene rings is 2. The molecular weight excluding hydrogens is 418 g/mol. The van der Waals surface area contributed by atoms with Crippen LogP contribution in [0.15, 0.2) is 53.6 Å². The minimum Gasteiger partial charge on any atom is -0.494 e. The summed E-state index contributed by atoms with van der Waals surface area (Å²) in [5.74, 6) is 0.0399. The van der Waals surface area contributed by atoms with Crippen molar-refractivity contribution >= 4 is 27.6 Å². The second-order valence-electron chi connectivity index (χ2n) is 7.31. The van der Waals surface area contributed by atoms with Gasteiger partial charge >= 0.3 is 0 Å². The number of nitrogens with one attached hydrogen (secondary N) is 1. The second kappa shape index (κ2) is 9.40. The van der Waals surface area contributed by atoms with Crippen LogP contribution in [0.25, 0.3) is 22.0 Å². The molecule has 0 bridgehead atoms. The summed E-state index contributed by atoms with van der Waals surface area (Å²) in [6.45, 7) is 4.14. The van der Waals surface area contributed by atoms with E-state index in [1.54, 1.807) is 11.5 Å². The number of amides is 1. The summed E-state index contributed by atoms with van der Waals surface area (Å²) in [6, 6.07) is 13.1. The van der Waals surface area contributed by atoms with Crippen LogP contribution in [0, 0.1) is 0 Å². The smallest absolute Gasteiger partial charge is 0.261 e. The molecule has 8 nitrogen and oxygen atoms in total. The van der Waals surface area contributed by atoms with Crippen molar-refractivity contribution in [3.63, 3.8) is 0 Å². The van der Waals surface area contributed by atoms with Crippen molar-refractivity contribution in [2.75, 3.05) is 12.9 Å². The number of hydroxylamine groups is 1. The summed E-state index contributed by atoms with van der Waals surface area (Å²) in [6.07, 6.45) is 2.90. The summed E-state index contributed by atoms with van der Waals surface area (Å²) >= 11 is 0. The molecule has 0 radical (unpaired) electrons. The van der Waals surface area contributed by atoms with Crippen LogP contribution in [0.2, 0.25) is 0 Å². The first-order chi connectivity index (χ1) is 14.8. The molecule has 0 spiro atoms. The number of aryl methyl sites for hydroxylation is 1. The number of nitrogens with zero attached hydrogens (tertiary/aromatic N) is 2. The maximum Gasteiger partial charge on any atom is 0.261 e. The molecule has 0 aliphatic carbocycles. The Morgan fingerprint density at radius 3 is 2.52 bits per heavy atom. The van der Waals surface area contributed by atoms with Gasteiger partial charge in [0.15, 0.2) is 0 Å². The molecule has 2 N–H and O–H groups in total. The summed E-state index contributed by atoms with van der Waals surface area (Å²) in [5, 5.41) is 9.40. The number of carbonyl (C=O) groups is 1. The number of aromatic nitrogens is 2. The molecule has 0 saturated carbocycles. The molecule has 3 rings (SSSR count). The fourth-order valence-electron chi connectivity index (χ4n) is 3.25. The maximum absolute atomic E-state index is 12.9. The molecular formula is C22H25N3O5S. The highest BCUT2D eigenvalue weighted by Crippen LogP contribution is 2.25. The van der Waals surface area contributed by atoms with Gasteiger partial charge in [-0.2, -0.15) is 0 Å². The van der Waals surface area contributed by atoms with E-state index in [0.717, 1.165) is 16.9 Å². The number of carbonyl (C=O) groups excluding carboxylic acids is 1. The lowest BCUT2D eigenvalue weighted by atomic mass is 10.0. The van der Waals surface area contributed by atoms with Gasteiger partial charge in [-0.25, -0.2) is 10.5 Å². The van der Waals surface area contributed by atoms with E-state index in [4.69, 9.17) is 9.94 Å². The zero-order valence-electron chi connectivity index (χ0n) is 17.6. The van der Waals surface area contributed by atoms with E-state index in [1.165, 1.54) is 24.1 Å². The Kier molecular flexibility index (Phi) is 6.87. The lowest BCUT2D eigenvalue weighted by Crippen LogP contribution is -2.47. The standard InChI is InChI=1S/C22H25N3O5S/c1-4-30-17-8-5-15(6-9-17)16-7-10-18-19(13-16)23-14-25(20(18)26)12-11-22(2,31(3)29)21(27)24-28/h5-10,13-14,28H,4,11-12H2,1-3H3,(H,24,27)/t22-,31?/m1/s1. The molecule has 1 aromatic heterocycles. The van der Waals surface area contributed by atoms with Gasteiger partial charge in [-0.05, 0) is 55.7 Å². The van der Waals surface area contributed by atoms with Gasteiger partial charge in [-0.15, -0.1) is 0 Å². The van der Waals surface area contributed by atoms with Gasteiger partial charge in [0.05, 0.1) is 23.8 Å². The molecule has 0 aliphatic rings. The molecule has 0 aliphatic heterocycles. The fourth-order valence-corrected chi connectivity index (χ4v) is 3.93. The van der Waals surface area contributed by atoms with E-state index in [0.29, 0.717) is 17.5 Å². The third-order valence-corrected chi connectivity index (χ3v) is 7.03. The number of hydrogen-bond donors (Lipinski definition) is 2. The van der Waals surface area contributed by atoms with Gasteiger partial charge in [0, 0.05) is 23.6 Å². The molecule has 31 heavy (non-hydrogen) atoms. The average molecular weight is 444 g/mol. The number of fused-ring (bicyclic) bond motifs is 1. The molecule has 1 unspecified atom stereocenters. The Hall–Kier alpha value is -3.04. The Balaban J connectivity index is 1.87. The summed E-state index contributed by atoms with van der Waals surface area (Å²) in [4.78, 5) is 29.3. The molecule has 2 atom stereocenters. The minimum absolute atomic E-state index is 0.0971. The zero-order chi connectivity index (χ0) is 22.6. The van der Waals surface area contributed by atoms with Crippen LogP contribution >= 0.6 is 0 Å². The molecule has 9 heteroatoms. The van der Waals surface area contributed by atoms with E-state index < -0.39 is 21.5 Å². The van der Waals surface area contributed by atoms with Crippen LogP contribution < -0.4 is 15.8 Å². The van der Waals surface area contributed by atoms with E-state index in [1.807, 2.05) is 43.3 Å². The van der Waals surface area contributed by atoms with Crippen molar-refractivity contribution in [2.24, 2.45) is 0 Å². The van der Waals surface area contributed by atoms with Crippen molar-refractivity contribution in [3.05, 3.63) is 59.1 Å². The maximum atomic E-state index is 12.9. The van der Waals surface area contributed by atoms with Crippen LogP contribution in [0.4, 0.5) is 0 Å². The summed E-state index contributed by atoms with van der Waals surface area (Å²) in [7, 11) is -1.55. The SMILES string of the molecule is CCOc1ccc(-c2ccc3c(=O)n(CC[C@](C)(C(=O)NO)S(C)=O)cnc3c2)cc1. The average Bonchev–Trinajstić information content (AvgIpc) is 2.78. The van der Waals surface area contributed by atoms with Gasteiger partial charge in [0.2, 0.25) is 0 Å². The van der Waals surface area contributed by atoms with Crippen molar-refractivity contribution < 1.29 is 18.9 Å².